The molecular weight excluding hydrogens is 440 g/mol. The molecule has 35 heavy (non-hydrogen) atoms. The molecule has 2 heterocycles. The molecule has 7 heteroatoms. The summed E-state index contributed by atoms with van der Waals surface area (Å²) < 4.78 is 12.4. The van der Waals surface area contributed by atoms with Crippen LogP contribution in [0.4, 0.5) is 5.69 Å². The van der Waals surface area contributed by atoms with Crippen molar-refractivity contribution in [2.24, 2.45) is 0 Å². The largest absolute Gasteiger partial charge is 0.497 e. The molecule has 0 atom stereocenters. The number of nitrogens with one attached hydrogen (secondary N) is 1. The number of benzene rings is 3. The van der Waals surface area contributed by atoms with Crippen molar-refractivity contribution in [1.82, 2.24) is 14.7 Å². The third-order valence-corrected chi connectivity index (χ3v) is 6.06. The zero-order valence-corrected chi connectivity index (χ0v) is 19.7. The third-order valence-electron chi connectivity index (χ3n) is 6.06. The molecule has 0 aliphatic carbocycles. The zero-order chi connectivity index (χ0) is 24.0. The highest BCUT2D eigenvalue weighted by molar-refractivity contribution is 6.08. The Morgan fingerprint density at radius 1 is 0.971 bits per heavy atom. The van der Waals surface area contributed by atoms with Gasteiger partial charge in [-0.1, -0.05) is 30.3 Å². The Balaban J connectivity index is 1.38. The number of rotatable bonds is 7. The van der Waals surface area contributed by atoms with Crippen LogP contribution in [0.3, 0.4) is 0 Å². The lowest BCUT2D eigenvalue weighted by Gasteiger charge is -2.26. The predicted molar refractivity (Wildman–Crippen MR) is 136 cm³/mol. The number of aromatic nitrogens is 2. The fourth-order valence-corrected chi connectivity index (χ4v) is 4.12. The molecule has 0 radical (unpaired) electrons. The van der Waals surface area contributed by atoms with Crippen molar-refractivity contribution in [3.05, 3.63) is 96.2 Å². The number of para-hydroxylation sites is 1. The lowest BCUT2D eigenvalue weighted by molar-refractivity contribution is 0.0342. The lowest BCUT2D eigenvalue weighted by atomic mass is 10.1. The smallest absolute Gasteiger partial charge is 0.259 e. The first kappa shape index (κ1) is 22.8. The van der Waals surface area contributed by atoms with E-state index in [1.54, 1.807) is 18.0 Å². The summed E-state index contributed by atoms with van der Waals surface area (Å²) in [6.07, 6.45) is 1.77. The van der Waals surface area contributed by atoms with E-state index < -0.39 is 0 Å². The molecule has 0 saturated carbocycles. The Morgan fingerprint density at radius 3 is 2.37 bits per heavy atom. The quantitative estimate of drug-likeness (QED) is 0.428. The van der Waals surface area contributed by atoms with E-state index in [2.05, 4.69) is 22.3 Å². The lowest BCUT2D eigenvalue weighted by Crippen LogP contribution is -2.35. The Kier molecular flexibility index (Phi) is 6.88. The number of carbonyl (C=O) groups excluding carboxylic acids is 1. The molecule has 1 amide bonds. The molecule has 0 bridgehead atoms. The van der Waals surface area contributed by atoms with Gasteiger partial charge >= 0.3 is 0 Å². The van der Waals surface area contributed by atoms with E-state index in [-0.39, 0.29) is 5.91 Å². The van der Waals surface area contributed by atoms with Gasteiger partial charge in [-0.2, -0.15) is 5.10 Å². The molecule has 0 spiro atoms. The van der Waals surface area contributed by atoms with Crippen molar-refractivity contribution in [3.63, 3.8) is 0 Å². The van der Waals surface area contributed by atoms with Gasteiger partial charge in [0.25, 0.3) is 5.91 Å². The highest BCUT2D eigenvalue weighted by Gasteiger charge is 2.19. The van der Waals surface area contributed by atoms with Crippen LogP contribution < -0.4 is 10.1 Å². The molecule has 1 aliphatic heterocycles. The van der Waals surface area contributed by atoms with Crippen LogP contribution >= 0.6 is 0 Å². The van der Waals surface area contributed by atoms with Gasteiger partial charge in [-0.3, -0.25) is 9.69 Å². The average molecular weight is 469 g/mol. The second-order valence-corrected chi connectivity index (χ2v) is 8.44. The molecule has 1 saturated heterocycles. The maximum absolute atomic E-state index is 13.4. The van der Waals surface area contributed by atoms with Crippen molar-refractivity contribution < 1.29 is 14.3 Å². The van der Waals surface area contributed by atoms with E-state index >= 15 is 0 Å². The SMILES string of the molecule is COc1ccc(-c2nn(-c3ccccc3)cc2C(=O)Nc2ccc(CN3CCOCC3)cc2)cc1. The van der Waals surface area contributed by atoms with Crippen LogP contribution in [0.5, 0.6) is 5.75 Å². The normalized spacial score (nSPS) is 14.0. The van der Waals surface area contributed by atoms with Crippen LogP contribution in [-0.2, 0) is 11.3 Å². The van der Waals surface area contributed by atoms with E-state index in [1.807, 2.05) is 66.7 Å². The maximum atomic E-state index is 13.4. The summed E-state index contributed by atoms with van der Waals surface area (Å²) in [7, 11) is 1.63. The first-order chi connectivity index (χ1) is 17.2. The van der Waals surface area contributed by atoms with Crippen LogP contribution in [0.2, 0.25) is 0 Å². The van der Waals surface area contributed by atoms with Gasteiger partial charge in [0.05, 0.1) is 31.6 Å². The summed E-state index contributed by atoms with van der Waals surface area (Å²) in [5, 5.41) is 7.78. The first-order valence-corrected chi connectivity index (χ1v) is 11.7. The molecule has 178 valence electrons. The average Bonchev–Trinajstić information content (AvgIpc) is 3.37. The number of carbonyl (C=O) groups is 1. The fourth-order valence-electron chi connectivity index (χ4n) is 4.12. The third kappa shape index (κ3) is 5.42. The van der Waals surface area contributed by atoms with E-state index in [0.29, 0.717) is 11.3 Å². The summed E-state index contributed by atoms with van der Waals surface area (Å²) in [5.74, 6) is 0.540. The van der Waals surface area contributed by atoms with Crippen molar-refractivity contribution >= 4 is 11.6 Å². The summed E-state index contributed by atoms with van der Waals surface area (Å²) in [4.78, 5) is 15.7. The maximum Gasteiger partial charge on any atom is 0.259 e. The number of morpholine rings is 1. The number of nitrogens with zero attached hydrogens (tertiary/aromatic N) is 3. The second-order valence-electron chi connectivity index (χ2n) is 8.44. The molecule has 1 N–H and O–H groups in total. The van der Waals surface area contributed by atoms with Crippen molar-refractivity contribution in [3.8, 4) is 22.7 Å². The van der Waals surface area contributed by atoms with Crippen molar-refractivity contribution in [1.29, 1.82) is 0 Å². The Bertz CT molecular complexity index is 1260. The van der Waals surface area contributed by atoms with Crippen molar-refractivity contribution in [2.45, 2.75) is 6.54 Å². The van der Waals surface area contributed by atoms with E-state index in [0.717, 1.165) is 55.5 Å². The summed E-state index contributed by atoms with van der Waals surface area (Å²) >= 11 is 0. The summed E-state index contributed by atoms with van der Waals surface area (Å²) in [6, 6.07) is 25.3. The van der Waals surface area contributed by atoms with Gasteiger partial charge in [0.2, 0.25) is 0 Å². The van der Waals surface area contributed by atoms with Gasteiger partial charge in [0, 0.05) is 37.1 Å². The molecule has 0 unspecified atom stereocenters. The van der Waals surface area contributed by atoms with Gasteiger partial charge in [0.1, 0.15) is 11.4 Å². The first-order valence-electron chi connectivity index (χ1n) is 11.7. The molecule has 1 aromatic heterocycles. The van der Waals surface area contributed by atoms with Gasteiger partial charge in [-0.25, -0.2) is 4.68 Å². The van der Waals surface area contributed by atoms with Crippen LogP contribution in [-0.4, -0.2) is 54.0 Å². The number of methoxy groups -OCH3 is 1. The minimum atomic E-state index is -0.209. The van der Waals surface area contributed by atoms with Gasteiger partial charge in [-0.15, -0.1) is 0 Å². The van der Waals surface area contributed by atoms with E-state index in [1.165, 1.54) is 5.56 Å². The molecule has 1 aliphatic rings. The van der Waals surface area contributed by atoms with Crippen LogP contribution in [0.25, 0.3) is 16.9 Å². The number of hydrogen-bond donors (Lipinski definition) is 1. The van der Waals surface area contributed by atoms with Gasteiger partial charge < -0.3 is 14.8 Å². The number of anilines is 1. The number of amides is 1. The minimum absolute atomic E-state index is 0.209. The van der Waals surface area contributed by atoms with Gasteiger partial charge in [0.15, 0.2) is 0 Å². The topological polar surface area (TPSA) is 68.6 Å². The molecule has 5 rings (SSSR count). The Labute approximate surface area is 204 Å². The predicted octanol–water partition coefficient (Wildman–Crippen LogP) is 4.63. The molecular formula is C28H28N4O3. The molecule has 7 nitrogen and oxygen atoms in total. The number of ether oxygens (including phenoxy) is 2. The molecule has 1 fully saturated rings. The highest BCUT2D eigenvalue weighted by Crippen LogP contribution is 2.27. The number of hydrogen-bond acceptors (Lipinski definition) is 5. The van der Waals surface area contributed by atoms with Crippen LogP contribution in [0.15, 0.2) is 85.1 Å². The minimum Gasteiger partial charge on any atom is -0.497 e. The fraction of sp³-hybridized carbons (Fsp3) is 0.214. The Hall–Kier alpha value is -3.94. The van der Waals surface area contributed by atoms with Crippen LogP contribution in [0.1, 0.15) is 15.9 Å². The molecule has 4 aromatic rings. The molecule has 3 aromatic carbocycles. The van der Waals surface area contributed by atoms with Gasteiger partial charge in [-0.05, 0) is 54.1 Å². The second kappa shape index (κ2) is 10.5. The zero-order valence-electron chi connectivity index (χ0n) is 19.7. The van der Waals surface area contributed by atoms with Crippen molar-refractivity contribution in [2.75, 3.05) is 38.7 Å². The Morgan fingerprint density at radius 2 is 1.69 bits per heavy atom. The highest BCUT2D eigenvalue weighted by atomic mass is 16.5. The standard InChI is InChI=1S/C28H28N4O3/c1-34-25-13-9-22(10-14-25)27-26(20-32(30-27)24-5-3-2-4-6-24)28(33)29-23-11-7-21(8-12-23)19-31-15-17-35-18-16-31/h2-14,20H,15-19H2,1H3,(H,29,33). The summed E-state index contributed by atoms with van der Waals surface area (Å²) in [6.45, 7) is 4.32. The van der Waals surface area contributed by atoms with E-state index in [9.17, 15) is 4.79 Å². The monoisotopic (exact) mass is 468 g/mol. The summed E-state index contributed by atoms with van der Waals surface area (Å²) in [5.41, 5.74) is 4.78. The van der Waals surface area contributed by atoms with E-state index in [4.69, 9.17) is 14.6 Å². The van der Waals surface area contributed by atoms with Crippen LogP contribution in [0, 0.1) is 0 Å².